The van der Waals surface area contributed by atoms with Crippen LogP contribution in [0.4, 0.5) is 0 Å². The summed E-state index contributed by atoms with van der Waals surface area (Å²) in [6.45, 7) is 0.348. The fraction of sp³-hybridized carbons (Fsp3) is 0.250. The lowest BCUT2D eigenvalue weighted by atomic mass is 10.2. The zero-order valence-corrected chi connectivity index (χ0v) is 6.51. The maximum atomic E-state index is 9.89. The largest absolute Gasteiger partial charge is 0.449 e. The minimum Gasteiger partial charge on any atom is -0.449 e. The normalized spacial score (nSPS) is 12.1. The number of hydrogen-bond acceptors (Lipinski definition) is 4. The first kappa shape index (κ1) is 8.67. The van der Waals surface area contributed by atoms with Crippen molar-refractivity contribution in [3.8, 4) is 0 Å². The highest BCUT2D eigenvalue weighted by Gasteiger charge is 2.02. The molecule has 0 aromatic carbocycles. The lowest BCUT2D eigenvalue weighted by Crippen LogP contribution is -2.25. The van der Waals surface area contributed by atoms with Crippen LogP contribution in [-0.2, 0) is 16.0 Å². The molecule has 1 rings (SSSR count). The third-order valence-corrected chi connectivity index (χ3v) is 1.39. The Hall–Kier alpha value is -1.42. The maximum Gasteiger partial charge on any atom is 0.294 e. The highest BCUT2D eigenvalue weighted by molar-refractivity contribution is 5.37. The molecule has 2 N–H and O–H groups in total. The van der Waals surface area contributed by atoms with Gasteiger partial charge >= 0.3 is 0 Å². The van der Waals surface area contributed by atoms with E-state index in [4.69, 9.17) is 5.73 Å². The smallest absolute Gasteiger partial charge is 0.294 e. The summed E-state index contributed by atoms with van der Waals surface area (Å²) in [5, 5.41) is 0. The van der Waals surface area contributed by atoms with E-state index in [2.05, 4.69) is 9.72 Å². The molecule has 4 nitrogen and oxygen atoms in total. The van der Waals surface area contributed by atoms with Crippen LogP contribution >= 0.6 is 0 Å². The molecule has 0 aliphatic carbocycles. The molecule has 0 fully saturated rings. The van der Waals surface area contributed by atoms with Gasteiger partial charge in [-0.15, -0.1) is 0 Å². The van der Waals surface area contributed by atoms with Gasteiger partial charge in [-0.3, -0.25) is 15.5 Å². The van der Waals surface area contributed by atoms with Crippen LogP contribution in [0.5, 0.6) is 0 Å². The average molecular weight is 166 g/mol. The lowest BCUT2D eigenvalue weighted by Gasteiger charge is -2.07. The van der Waals surface area contributed by atoms with E-state index in [1.165, 1.54) is 0 Å². The minimum absolute atomic E-state index is 0.348. The predicted molar refractivity (Wildman–Crippen MR) is 43.1 cm³/mol. The zero-order chi connectivity index (χ0) is 8.81. The van der Waals surface area contributed by atoms with Gasteiger partial charge in [0, 0.05) is 18.8 Å². The van der Waals surface area contributed by atoms with Gasteiger partial charge in [-0.1, -0.05) is 6.07 Å². The third-order valence-electron chi connectivity index (χ3n) is 1.39. The Balaban J connectivity index is 2.46. The van der Waals surface area contributed by atoms with Crippen molar-refractivity contribution in [3.63, 3.8) is 0 Å². The molecule has 0 saturated carbocycles. The van der Waals surface area contributed by atoms with Crippen molar-refractivity contribution < 1.29 is 9.53 Å². The van der Waals surface area contributed by atoms with Crippen molar-refractivity contribution in [2.75, 3.05) is 0 Å². The van der Waals surface area contributed by atoms with Crippen LogP contribution in [0.1, 0.15) is 5.56 Å². The van der Waals surface area contributed by atoms with Crippen molar-refractivity contribution in [2.45, 2.75) is 12.6 Å². The van der Waals surface area contributed by atoms with E-state index in [1.54, 1.807) is 12.4 Å². The second-order valence-electron chi connectivity index (χ2n) is 2.34. The number of carbonyl (C=O) groups is 1. The van der Waals surface area contributed by atoms with E-state index in [1.807, 2.05) is 12.1 Å². The minimum atomic E-state index is -0.577. The number of pyridine rings is 1. The molecule has 0 radical (unpaired) electrons. The summed E-state index contributed by atoms with van der Waals surface area (Å²) in [5.74, 6) is 0. The first-order chi connectivity index (χ1) is 5.83. The Morgan fingerprint density at radius 2 is 2.58 bits per heavy atom. The summed E-state index contributed by atoms with van der Waals surface area (Å²) in [6, 6.07) is 3.68. The van der Waals surface area contributed by atoms with Gasteiger partial charge in [0.1, 0.15) is 0 Å². The van der Waals surface area contributed by atoms with Gasteiger partial charge in [-0.05, 0) is 11.6 Å². The van der Waals surface area contributed by atoms with Crippen LogP contribution in [0.3, 0.4) is 0 Å². The standard InChI is InChI=1S/C8H10N2O2/c9-8(12-6-11)4-7-2-1-3-10-5-7/h1-3,5-6,8H,4,9H2. The quantitative estimate of drug-likeness (QED) is 0.508. The van der Waals surface area contributed by atoms with Crippen molar-refractivity contribution >= 4 is 6.47 Å². The second-order valence-corrected chi connectivity index (χ2v) is 2.34. The van der Waals surface area contributed by atoms with Gasteiger partial charge in [-0.2, -0.15) is 0 Å². The SMILES string of the molecule is NC(Cc1cccnc1)OC=O. The summed E-state index contributed by atoms with van der Waals surface area (Å²) < 4.78 is 4.52. The number of rotatable bonds is 4. The Bertz CT molecular complexity index is 238. The fourth-order valence-corrected chi connectivity index (χ4v) is 0.871. The second kappa shape index (κ2) is 4.46. The monoisotopic (exact) mass is 166 g/mol. The maximum absolute atomic E-state index is 9.89. The molecule has 1 unspecified atom stereocenters. The molecule has 4 heteroatoms. The number of carbonyl (C=O) groups excluding carboxylic acids is 1. The van der Waals surface area contributed by atoms with Crippen LogP contribution in [0, 0.1) is 0 Å². The van der Waals surface area contributed by atoms with Crippen LogP contribution in [0.25, 0.3) is 0 Å². The summed E-state index contributed by atoms with van der Waals surface area (Å²) in [6.07, 6.45) is 3.28. The molecule has 0 bridgehead atoms. The average Bonchev–Trinajstić information content (AvgIpc) is 2.06. The topological polar surface area (TPSA) is 65.2 Å². The van der Waals surface area contributed by atoms with Crippen LogP contribution in [0.15, 0.2) is 24.5 Å². The highest BCUT2D eigenvalue weighted by Crippen LogP contribution is 1.99. The molecule has 64 valence electrons. The van der Waals surface area contributed by atoms with E-state index in [-0.39, 0.29) is 0 Å². The van der Waals surface area contributed by atoms with E-state index in [0.717, 1.165) is 5.56 Å². The van der Waals surface area contributed by atoms with Crippen LogP contribution in [-0.4, -0.2) is 17.7 Å². The molecule has 1 aromatic rings. The van der Waals surface area contributed by atoms with E-state index < -0.39 is 6.23 Å². The Labute approximate surface area is 70.4 Å². The lowest BCUT2D eigenvalue weighted by molar-refractivity contribution is -0.133. The van der Waals surface area contributed by atoms with Crippen molar-refractivity contribution in [2.24, 2.45) is 5.73 Å². The Kier molecular flexibility index (Phi) is 3.22. The summed E-state index contributed by atoms with van der Waals surface area (Å²) in [5.41, 5.74) is 6.39. The first-order valence-corrected chi connectivity index (χ1v) is 3.56. The Morgan fingerprint density at radius 3 is 3.17 bits per heavy atom. The number of hydrogen-bond donors (Lipinski definition) is 1. The van der Waals surface area contributed by atoms with E-state index >= 15 is 0 Å². The van der Waals surface area contributed by atoms with Gasteiger partial charge in [0.2, 0.25) is 0 Å². The molecule has 12 heavy (non-hydrogen) atoms. The van der Waals surface area contributed by atoms with Crippen molar-refractivity contribution in [1.29, 1.82) is 0 Å². The molecular weight excluding hydrogens is 156 g/mol. The van der Waals surface area contributed by atoms with Crippen molar-refractivity contribution in [3.05, 3.63) is 30.1 Å². The van der Waals surface area contributed by atoms with E-state index in [9.17, 15) is 4.79 Å². The van der Waals surface area contributed by atoms with Crippen molar-refractivity contribution in [1.82, 2.24) is 4.98 Å². The molecule has 0 aliphatic heterocycles. The third kappa shape index (κ3) is 2.67. The molecular formula is C8H10N2O2. The molecule has 0 amide bonds. The summed E-state index contributed by atoms with van der Waals surface area (Å²) >= 11 is 0. The van der Waals surface area contributed by atoms with E-state index in [0.29, 0.717) is 12.9 Å². The molecule has 0 spiro atoms. The summed E-state index contributed by atoms with van der Waals surface area (Å²) in [4.78, 5) is 13.8. The molecule has 1 heterocycles. The van der Waals surface area contributed by atoms with Crippen LogP contribution in [0.2, 0.25) is 0 Å². The van der Waals surface area contributed by atoms with Gasteiger partial charge in [-0.25, -0.2) is 0 Å². The predicted octanol–water partition coefficient (Wildman–Crippen LogP) is 0.0819. The molecule has 1 aromatic heterocycles. The molecule has 0 aliphatic rings. The highest BCUT2D eigenvalue weighted by atomic mass is 16.5. The van der Waals surface area contributed by atoms with Crippen LogP contribution < -0.4 is 5.73 Å². The number of nitrogens with zero attached hydrogens (tertiary/aromatic N) is 1. The van der Waals surface area contributed by atoms with Gasteiger partial charge in [0.05, 0.1) is 0 Å². The fourth-order valence-electron chi connectivity index (χ4n) is 0.871. The summed E-state index contributed by atoms with van der Waals surface area (Å²) in [7, 11) is 0. The van der Waals surface area contributed by atoms with Gasteiger partial charge in [0.15, 0.2) is 6.23 Å². The molecule has 0 saturated heterocycles. The molecule has 1 atom stereocenters. The number of ether oxygens (including phenoxy) is 1. The van der Waals surface area contributed by atoms with Gasteiger partial charge < -0.3 is 4.74 Å². The zero-order valence-electron chi connectivity index (χ0n) is 6.51. The Morgan fingerprint density at radius 1 is 1.75 bits per heavy atom. The van der Waals surface area contributed by atoms with Gasteiger partial charge in [0.25, 0.3) is 6.47 Å². The number of nitrogens with two attached hydrogens (primary N) is 1. The number of aromatic nitrogens is 1. The first-order valence-electron chi connectivity index (χ1n) is 3.56.